The van der Waals surface area contributed by atoms with Gasteiger partial charge in [0.05, 0.1) is 33.6 Å². The van der Waals surface area contributed by atoms with Crippen molar-refractivity contribution in [1.29, 1.82) is 0 Å². The van der Waals surface area contributed by atoms with E-state index in [0.717, 1.165) is 33.6 Å². The first-order valence-electron chi connectivity index (χ1n) is 25.0. The van der Waals surface area contributed by atoms with Crippen LogP contribution in [-0.4, -0.2) is 15.0 Å². The number of benzene rings is 6. The minimum Gasteiger partial charge on any atom is -0.248 e. The number of fused-ring (bicyclic) bond motifs is 3. The maximum atomic E-state index is 4.76. The van der Waals surface area contributed by atoms with E-state index in [1.54, 1.807) is 0 Å². The van der Waals surface area contributed by atoms with Gasteiger partial charge >= 0.3 is 0 Å². The van der Waals surface area contributed by atoms with Gasteiger partial charge in [-0.05, 0) is 91.6 Å². The van der Waals surface area contributed by atoms with E-state index in [9.17, 15) is 0 Å². The Hall–Kier alpha value is -5.80. The van der Waals surface area contributed by atoms with Gasteiger partial charge in [-0.15, -0.1) is 0 Å². The van der Waals surface area contributed by atoms with Crippen LogP contribution in [0.3, 0.4) is 0 Å². The number of hydrogen-bond acceptors (Lipinski definition) is 3. The largest absolute Gasteiger partial charge is 0.248 e. The Labute approximate surface area is 414 Å². The van der Waals surface area contributed by atoms with Gasteiger partial charge in [-0.2, -0.15) is 0 Å². The van der Waals surface area contributed by atoms with Gasteiger partial charge in [0, 0.05) is 53.0 Å². The SMILES string of the molecule is CCCCCCc1ccc(-c2ccc3ccccc3n2)cc1.CCCCCCc1ccc(-c2ccc3ccccc3n2)cc1.CCCCCCc1ccc(-c2ccc3ccccc3n2)cc1.[Ir]. The minimum absolute atomic E-state index is 0. The summed E-state index contributed by atoms with van der Waals surface area (Å²) in [6.45, 7) is 6.77. The second kappa shape index (κ2) is 27.7. The fourth-order valence-electron chi connectivity index (χ4n) is 8.47. The molecule has 3 heterocycles. The van der Waals surface area contributed by atoms with E-state index in [-0.39, 0.29) is 20.1 Å². The summed E-state index contributed by atoms with van der Waals surface area (Å²) in [5, 5.41) is 3.58. The van der Waals surface area contributed by atoms with Gasteiger partial charge in [0.1, 0.15) is 0 Å². The molecule has 0 aliphatic heterocycles. The molecule has 6 aromatic carbocycles. The smallest absolute Gasteiger partial charge is 0.0709 e. The second-order valence-electron chi connectivity index (χ2n) is 17.7. The molecular weight excluding hydrogens is 991 g/mol. The number of aryl methyl sites for hydroxylation is 3. The third-order valence-corrected chi connectivity index (χ3v) is 12.5. The molecule has 0 bridgehead atoms. The molecule has 0 aliphatic carbocycles. The van der Waals surface area contributed by atoms with Gasteiger partial charge in [0.25, 0.3) is 0 Å². The van der Waals surface area contributed by atoms with E-state index in [4.69, 9.17) is 15.0 Å². The molecular formula is C63H69IrN3. The van der Waals surface area contributed by atoms with Gasteiger partial charge in [-0.3, -0.25) is 0 Å². The zero-order chi connectivity index (χ0) is 45.6. The molecule has 0 spiro atoms. The molecule has 9 aromatic rings. The Morgan fingerprint density at radius 2 is 0.537 bits per heavy atom. The van der Waals surface area contributed by atoms with Crippen LogP contribution in [0.2, 0.25) is 0 Å². The molecule has 67 heavy (non-hydrogen) atoms. The standard InChI is InChI=1S/3C21H23N.Ir/c3*1-2-3-4-5-8-17-11-13-19(14-12-17)21-16-15-18-9-6-7-10-20(18)22-21;/h3*6-7,9-16H,2-5,8H2,1H3;. The average Bonchev–Trinajstić information content (AvgIpc) is 3.38. The predicted octanol–water partition coefficient (Wildman–Crippen LogP) is 18.1. The fourth-order valence-corrected chi connectivity index (χ4v) is 8.47. The summed E-state index contributed by atoms with van der Waals surface area (Å²) in [6.07, 6.45) is 19.4. The van der Waals surface area contributed by atoms with Crippen molar-refractivity contribution in [3.05, 3.63) is 199 Å². The molecule has 0 saturated carbocycles. The van der Waals surface area contributed by atoms with E-state index in [1.165, 1.54) is 146 Å². The van der Waals surface area contributed by atoms with E-state index >= 15 is 0 Å². The average molecular weight is 1060 g/mol. The molecule has 0 atom stereocenters. The van der Waals surface area contributed by atoms with Crippen molar-refractivity contribution in [3.63, 3.8) is 0 Å². The van der Waals surface area contributed by atoms with Crippen molar-refractivity contribution >= 4 is 32.7 Å². The third-order valence-electron chi connectivity index (χ3n) is 12.5. The van der Waals surface area contributed by atoms with Crippen LogP contribution in [0.5, 0.6) is 0 Å². The Bertz CT molecular complexity index is 2500. The van der Waals surface area contributed by atoms with E-state index < -0.39 is 0 Å². The Morgan fingerprint density at radius 1 is 0.269 bits per heavy atom. The summed E-state index contributed by atoms with van der Waals surface area (Å²) in [5.41, 5.74) is 14.2. The maximum absolute atomic E-state index is 4.76. The van der Waals surface area contributed by atoms with Crippen molar-refractivity contribution in [1.82, 2.24) is 15.0 Å². The number of pyridine rings is 3. The van der Waals surface area contributed by atoms with Gasteiger partial charge in [-0.25, -0.2) is 15.0 Å². The molecule has 0 saturated heterocycles. The molecule has 3 nitrogen and oxygen atoms in total. The summed E-state index contributed by atoms with van der Waals surface area (Å²) in [4.78, 5) is 14.3. The van der Waals surface area contributed by atoms with Crippen LogP contribution in [-0.2, 0) is 39.4 Å². The number of rotatable bonds is 18. The Kier molecular flexibility index (Phi) is 21.0. The molecule has 345 valence electrons. The molecule has 1 radical (unpaired) electrons. The van der Waals surface area contributed by atoms with E-state index in [0.29, 0.717) is 0 Å². The minimum atomic E-state index is 0. The molecule has 4 heteroatoms. The summed E-state index contributed by atoms with van der Waals surface area (Å²) in [5.74, 6) is 0. The molecule has 0 fully saturated rings. The van der Waals surface area contributed by atoms with Crippen molar-refractivity contribution in [2.45, 2.75) is 117 Å². The third kappa shape index (κ3) is 15.6. The van der Waals surface area contributed by atoms with Gasteiger partial charge in [0.15, 0.2) is 0 Å². The predicted molar refractivity (Wildman–Crippen MR) is 285 cm³/mol. The quantitative estimate of drug-likeness (QED) is 0.0804. The number of hydrogen-bond donors (Lipinski definition) is 0. The Balaban J connectivity index is 0.000000165. The number of unbranched alkanes of at least 4 members (excludes halogenated alkanes) is 9. The summed E-state index contributed by atoms with van der Waals surface area (Å²) >= 11 is 0. The first-order valence-corrected chi connectivity index (χ1v) is 25.0. The van der Waals surface area contributed by atoms with Crippen LogP contribution in [0.15, 0.2) is 182 Å². The van der Waals surface area contributed by atoms with E-state index in [1.807, 2.05) is 18.2 Å². The van der Waals surface area contributed by atoms with Crippen molar-refractivity contribution in [3.8, 4) is 33.8 Å². The normalized spacial score (nSPS) is 10.8. The van der Waals surface area contributed by atoms with E-state index in [2.05, 4.69) is 185 Å². The molecule has 0 N–H and O–H groups in total. The molecule has 0 amide bonds. The van der Waals surface area contributed by atoms with Crippen molar-refractivity contribution in [2.24, 2.45) is 0 Å². The zero-order valence-electron chi connectivity index (χ0n) is 40.1. The van der Waals surface area contributed by atoms with Crippen LogP contribution in [0.25, 0.3) is 66.5 Å². The van der Waals surface area contributed by atoms with Gasteiger partial charge < -0.3 is 0 Å². The van der Waals surface area contributed by atoms with Gasteiger partial charge in [-0.1, -0.05) is 224 Å². The topological polar surface area (TPSA) is 38.7 Å². The van der Waals surface area contributed by atoms with Crippen LogP contribution < -0.4 is 0 Å². The van der Waals surface area contributed by atoms with Crippen LogP contribution in [0.1, 0.15) is 115 Å². The maximum Gasteiger partial charge on any atom is 0.0709 e. The van der Waals surface area contributed by atoms with Crippen LogP contribution >= 0.6 is 0 Å². The molecule has 3 aromatic heterocycles. The zero-order valence-corrected chi connectivity index (χ0v) is 42.5. The number of aromatic nitrogens is 3. The van der Waals surface area contributed by atoms with Crippen molar-refractivity contribution in [2.75, 3.05) is 0 Å². The van der Waals surface area contributed by atoms with Crippen molar-refractivity contribution < 1.29 is 20.1 Å². The fraction of sp³-hybridized carbons (Fsp3) is 0.286. The molecule has 9 rings (SSSR count). The first kappa shape index (κ1) is 50.6. The molecule has 0 unspecified atom stereocenters. The van der Waals surface area contributed by atoms with Gasteiger partial charge in [0.2, 0.25) is 0 Å². The van der Waals surface area contributed by atoms with Crippen LogP contribution in [0, 0.1) is 0 Å². The summed E-state index contributed by atoms with van der Waals surface area (Å²) < 4.78 is 0. The second-order valence-corrected chi connectivity index (χ2v) is 17.7. The van der Waals surface area contributed by atoms with Crippen LogP contribution in [0.4, 0.5) is 0 Å². The number of nitrogens with zero attached hydrogens (tertiary/aromatic N) is 3. The summed E-state index contributed by atoms with van der Waals surface area (Å²) in [6, 6.07) is 64.3. The monoisotopic (exact) mass is 1060 g/mol. The first-order chi connectivity index (χ1) is 32.6. The Morgan fingerprint density at radius 3 is 0.806 bits per heavy atom. The summed E-state index contributed by atoms with van der Waals surface area (Å²) in [7, 11) is 0. The number of para-hydroxylation sites is 3. The molecule has 0 aliphatic rings.